The third-order valence-corrected chi connectivity index (χ3v) is 6.00. The van der Waals surface area contributed by atoms with Gasteiger partial charge in [-0.15, -0.1) is 0 Å². The molecule has 0 saturated heterocycles. The molecular formula is C27H32N4O3. The van der Waals surface area contributed by atoms with E-state index in [1.54, 1.807) is 12.0 Å². The van der Waals surface area contributed by atoms with E-state index in [0.29, 0.717) is 25.0 Å². The summed E-state index contributed by atoms with van der Waals surface area (Å²) < 4.78 is 7.02. The second-order valence-corrected chi connectivity index (χ2v) is 9.01. The summed E-state index contributed by atoms with van der Waals surface area (Å²) in [5, 5.41) is 2.94. The summed E-state index contributed by atoms with van der Waals surface area (Å²) in [5.41, 5.74) is 3.86. The topological polar surface area (TPSA) is 76.5 Å². The average molecular weight is 461 g/mol. The zero-order valence-corrected chi connectivity index (χ0v) is 20.0. The number of carbonyl (C=O) groups is 2. The van der Waals surface area contributed by atoms with Gasteiger partial charge < -0.3 is 9.64 Å². The van der Waals surface area contributed by atoms with E-state index in [1.807, 2.05) is 53.2 Å². The van der Waals surface area contributed by atoms with E-state index in [4.69, 9.17) is 9.72 Å². The van der Waals surface area contributed by atoms with E-state index in [0.717, 1.165) is 29.8 Å². The van der Waals surface area contributed by atoms with Crippen LogP contribution in [0.4, 0.5) is 5.95 Å². The zero-order valence-electron chi connectivity index (χ0n) is 20.0. The Balaban J connectivity index is 1.59. The Morgan fingerprint density at radius 3 is 2.44 bits per heavy atom. The number of amides is 2. The van der Waals surface area contributed by atoms with Gasteiger partial charge in [0.25, 0.3) is 0 Å². The van der Waals surface area contributed by atoms with Crippen molar-refractivity contribution in [2.24, 2.45) is 5.92 Å². The van der Waals surface area contributed by atoms with E-state index in [2.05, 4.69) is 31.3 Å². The molecule has 1 heterocycles. The molecule has 1 fully saturated rings. The summed E-state index contributed by atoms with van der Waals surface area (Å²) in [4.78, 5) is 31.9. The van der Waals surface area contributed by atoms with Gasteiger partial charge in [0, 0.05) is 37.0 Å². The lowest BCUT2D eigenvalue weighted by atomic mass is 10.0. The Morgan fingerprint density at radius 1 is 1.12 bits per heavy atom. The number of methoxy groups -OCH3 is 1. The van der Waals surface area contributed by atoms with Gasteiger partial charge in [-0.25, -0.2) is 4.98 Å². The number of ether oxygens (including phenoxy) is 1. The fraction of sp³-hybridized carbons (Fsp3) is 0.370. The highest BCUT2D eigenvalue weighted by molar-refractivity contribution is 5.94. The molecule has 2 amide bonds. The van der Waals surface area contributed by atoms with Crippen molar-refractivity contribution in [3.63, 3.8) is 0 Å². The maximum atomic E-state index is 13.0. The van der Waals surface area contributed by atoms with Crippen molar-refractivity contribution in [1.82, 2.24) is 14.5 Å². The van der Waals surface area contributed by atoms with Crippen molar-refractivity contribution >= 4 is 17.8 Å². The highest BCUT2D eigenvalue weighted by Crippen LogP contribution is 2.31. The summed E-state index contributed by atoms with van der Waals surface area (Å²) in [6, 6.07) is 18.1. The van der Waals surface area contributed by atoms with E-state index < -0.39 is 0 Å². The van der Waals surface area contributed by atoms with E-state index in [1.165, 1.54) is 5.56 Å². The first-order chi connectivity index (χ1) is 16.5. The van der Waals surface area contributed by atoms with Crippen LogP contribution in [0.15, 0.2) is 60.8 Å². The Labute approximate surface area is 200 Å². The van der Waals surface area contributed by atoms with Crippen molar-refractivity contribution in [2.45, 2.75) is 32.6 Å². The van der Waals surface area contributed by atoms with E-state index >= 15 is 0 Å². The molecule has 7 nitrogen and oxygen atoms in total. The number of hydrogen-bond acceptors (Lipinski definition) is 4. The zero-order chi connectivity index (χ0) is 24.1. The molecule has 1 aromatic heterocycles. The number of nitrogens with zero attached hydrogens (tertiary/aromatic N) is 3. The molecule has 178 valence electrons. The number of carbonyl (C=O) groups excluding carboxylic acids is 2. The Kier molecular flexibility index (Phi) is 7.43. The predicted molar refractivity (Wildman–Crippen MR) is 133 cm³/mol. The second-order valence-electron chi connectivity index (χ2n) is 9.01. The van der Waals surface area contributed by atoms with Gasteiger partial charge >= 0.3 is 0 Å². The maximum absolute atomic E-state index is 13.0. The van der Waals surface area contributed by atoms with Crippen LogP contribution in [0.1, 0.15) is 38.2 Å². The summed E-state index contributed by atoms with van der Waals surface area (Å²) in [7, 11) is 1.59. The summed E-state index contributed by atoms with van der Waals surface area (Å²) in [6.07, 6.45) is 3.70. The van der Waals surface area contributed by atoms with Gasteiger partial charge in [-0.05, 0) is 36.5 Å². The molecule has 34 heavy (non-hydrogen) atoms. The fourth-order valence-corrected chi connectivity index (χ4v) is 3.83. The van der Waals surface area contributed by atoms with Gasteiger partial charge in [-0.3, -0.25) is 19.5 Å². The van der Waals surface area contributed by atoms with Crippen LogP contribution in [0, 0.1) is 5.92 Å². The molecule has 0 aliphatic heterocycles. The predicted octanol–water partition coefficient (Wildman–Crippen LogP) is 4.49. The third kappa shape index (κ3) is 5.72. The maximum Gasteiger partial charge on any atom is 0.246 e. The van der Waals surface area contributed by atoms with Crippen LogP contribution >= 0.6 is 0 Å². The molecule has 0 atom stereocenters. The monoisotopic (exact) mass is 460 g/mol. The van der Waals surface area contributed by atoms with Crippen molar-refractivity contribution in [3.8, 4) is 16.9 Å². The Hall–Kier alpha value is -3.45. The SMILES string of the molecule is COCCN(CC(=O)Nc1nc(-c2ccccc2)cn1-c1ccc(C(C)C)cc1)C(=O)C1CC1. The van der Waals surface area contributed by atoms with Crippen LogP contribution in [-0.2, 0) is 14.3 Å². The number of imidazole rings is 1. The molecular weight excluding hydrogens is 428 g/mol. The third-order valence-electron chi connectivity index (χ3n) is 6.00. The minimum absolute atomic E-state index is 0.0183. The van der Waals surface area contributed by atoms with Gasteiger partial charge in [0.2, 0.25) is 17.8 Å². The molecule has 0 radical (unpaired) electrons. The first-order valence-electron chi connectivity index (χ1n) is 11.8. The quantitative estimate of drug-likeness (QED) is 0.484. The summed E-state index contributed by atoms with van der Waals surface area (Å²) in [6.45, 7) is 5.06. The summed E-state index contributed by atoms with van der Waals surface area (Å²) >= 11 is 0. The van der Waals surface area contributed by atoms with Gasteiger partial charge in [0.05, 0.1) is 12.3 Å². The smallest absolute Gasteiger partial charge is 0.246 e. The highest BCUT2D eigenvalue weighted by atomic mass is 16.5. The first kappa shape index (κ1) is 23.7. The van der Waals surface area contributed by atoms with Crippen molar-refractivity contribution < 1.29 is 14.3 Å². The molecule has 1 N–H and O–H groups in total. The largest absolute Gasteiger partial charge is 0.383 e. The minimum atomic E-state index is -0.282. The molecule has 0 bridgehead atoms. The molecule has 1 aliphatic rings. The molecule has 2 aromatic carbocycles. The van der Waals surface area contributed by atoms with Gasteiger partial charge in [0.15, 0.2) is 0 Å². The lowest BCUT2D eigenvalue weighted by molar-refractivity contribution is -0.136. The second kappa shape index (κ2) is 10.7. The fourth-order valence-electron chi connectivity index (χ4n) is 3.83. The lowest BCUT2D eigenvalue weighted by Crippen LogP contribution is -2.41. The van der Waals surface area contributed by atoms with Crippen molar-refractivity contribution in [2.75, 3.05) is 32.1 Å². The number of nitrogens with one attached hydrogen (secondary N) is 1. The van der Waals surface area contributed by atoms with E-state index in [9.17, 15) is 9.59 Å². The lowest BCUT2D eigenvalue weighted by Gasteiger charge is -2.21. The molecule has 4 rings (SSSR count). The van der Waals surface area contributed by atoms with Crippen LogP contribution in [0.5, 0.6) is 0 Å². The highest BCUT2D eigenvalue weighted by Gasteiger charge is 2.34. The number of rotatable bonds is 10. The standard InChI is InChI=1S/C27H32N4O3/c1-19(2)20-11-13-23(14-12-20)31-17-24(21-7-5-4-6-8-21)28-27(31)29-25(32)18-30(15-16-34-3)26(33)22-9-10-22/h4-8,11-14,17,19,22H,9-10,15-16,18H2,1-3H3,(H,28,29,32). The molecule has 0 spiro atoms. The molecule has 3 aromatic rings. The Bertz CT molecular complexity index is 1120. The number of hydrogen-bond donors (Lipinski definition) is 1. The Morgan fingerprint density at radius 2 is 1.82 bits per heavy atom. The number of aromatic nitrogens is 2. The number of anilines is 1. The molecule has 7 heteroatoms. The van der Waals surface area contributed by atoms with Crippen LogP contribution in [0.25, 0.3) is 16.9 Å². The average Bonchev–Trinajstić information content (AvgIpc) is 3.62. The van der Waals surface area contributed by atoms with Gasteiger partial charge in [0.1, 0.15) is 6.54 Å². The first-order valence-corrected chi connectivity index (χ1v) is 11.8. The molecule has 0 unspecified atom stereocenters. The van der Waals surface area contributed by atoms with Gasteiger partial charge in [-0.1, -0.05) is 56.3 Å². The number of benzene rings is 2. The normalized spacial score (nSPS) is 13.2. The van der Waals surface area contributed by atoms with Crippen molar-refractivity contribution in [1.29, 1.82) is 0 Å². The molecule has 1 aliphatic carbocycles. The van der Waals surface area contributed by atoms with Crippen LogP contribution in [-0.4, -0.2) is 53.1 Å². The van der Waals surface area contributed by atoms with Crippen LogP contribution in [0.2, 0.25) is 0 Å². The van der Waals surface area contributed by atoms with Crippen LogP contribution < -0.4 is 5.32 Å². The van der Waals surface area contributed by atoms with Gasteiger partial charge in [-0.2, -0.15) is 0 Å². The molecule has 1 saturated carbocycles. The minimum Gasteiger partial charge on any atom is -0.383 e. The van der Waals surface area contributed by atoms with Crippen LogP contribution in [0.3, 0.4) is 0 Å². The van der Waals surface area contributed by atoms with Crippen molar-refractivity contribution in [3.05, 3.63) is 66.4 Å². The summed E-state index contributed by atoms with van der Waals surface area (Å²) in [5.74, 6) is 0.626. The van der Waals surface area contributed by atoms with E-state index in [-0.39, 0.29) is 24.3 Å².